The largest absolute Gasteiger partial charge is 0.325 e. The summed E-state index contributed by atoms with van der Waals surface area (Å²) in [6, 6.07) is 2.23. The van der Waals surface area contributed by atoms with E-state index in [-0.39, 0.29) is 5.54 Å². The summed E-state index contributed by atoms with van der Waals surface area (Å²) in [5.74, 6) is 0. The van der Waals surface area contributed by atoms with Crippen LogP contribution in [0.3, 0.4) is 0 Å². The molecule has 1 aromatic heterocycles. The van der Waals surface area contributed by atoms with E-state index in [1.165, 1.54) is 31.2 Å². The van der Waals surface area contributed by atoms with E-state index in [0.29, 0.717) is 5.41 Å². The van der Waals surface area contributed by atoms with Crippen LogP contribution in [0.1, 0.15) is 51.5 Å². The van der Waals surface area contributed by atoms with Gasteiger partial charge in [0, 0.05) is 5.54 Å². The van der Waals surface area contributed by atoms with E-state index in [4.69, 9.17) is 5.73 Å². The van der Waals surface area contributed by atoms with Crippen LogP contribution in [0.15, 0.2) is 16.8 Å². The minimum absolute atomic E-state index is 0.0488. The van der Waals surface area contributed by atoms with Crippen molar-refractivity contribution in [1.82, 2.24) is 0 Å². The molecule has 1 saturated carbocycles. The second-order valence-electron chi connectivity index (χ2n) is 5.88. The van der Waals surface area contributed by atoms with Crippen LogP contribution in [0, 0.1) is 5.41 Å². The highest BCUT2D eigenvalue weighted by molar-refractivity contribution is 7.07. The molecule has 0 amide bonds. The Hall–Kier alpha value is -0.340. The quantitative estimate of drug-likeness (QED) is 0.845. The van der Waals surface area contributed by atoms with Crippen molar-refractivity contribution in [2.24, 2.45) is 11.1 Å². The summed E-state index contributed by atoms with van der Waals surface area (Å²) in [4.78, 5) is 0. The molecule has 1 fully saturated rings. The molecule has 2 rings (SSSR count). The van der Waals surface area contributed by atoms with Gasteiger partial charge in [0.25, 0.3) is 0 Å². The number of nitrogens with two attached hydrogens (primary N) is 1. The Morgan fingerprint density at radius 2 is 2.06 bits per heavy atom. The van der Waals surface area contributed by atoms with E-state index in [2.05, 4.69) is 30.7 Å². The fraction of sp³-hybridized carbons (Fsp3) is 0.714. The molecular weight excluding hydrogens is 214 g/mol. The van der Waals surface area contributed by atoms with Gasteiger partial charge >= 0.3 is 0 Å². The summed E-state index contributed by atoms with van der Waals surface area (Å²) >= 11 is 1.78. The minimum atomic E-state index is 0.0488. The van der Waals surface area contributed by atoms with Gasteiger partial charge in [-0.1, -0.05) is 26.7 Å². The molecule has 1 nitrogen and oxygen atoms in total. The first-order valence-electron chi connectivity index (χ1n) is 6.33. The highest BCUT2D eigenvalue weighted by Crippen LogP contribution is 2.44. The molecule has 2 heteroatoms. The van der Waals surface area contributed by atoms with Crippen molar-refractivity contribution in [2.75, 3.05) is 0 Å². The van der Waals surface area contributed by atoms with Crippen molar-refractivity contribution in [3.63, 3.8) is 0 Å². The number of rotatable bonds is 3. The third-order valence-corrected chi connectivity index (χ3v) is 5.19. The van der Waals surface area contributed by atoms with E-state index in [1.807, 2.05) is 0 Å². The molecule has 2 N–H and O–H groups in total. The molecule has 1 aliphatic rings. The predicted octanol–water partition coefficient (Wildman–Crippen LogP) is 3.98. The summed E-state index contributed by atoms with van der Waals surface area (Å²) in [5.41, 5.74) is 8.47. The molecule has 1 aromatic rings. The van der Waals surface area contributed by atoms with Crippen LogP contribution in [-0.2, 0) is 6.42 Å². The van der Waals surface area contributed by atoms with Crippen LogP contribution in [0.4, 0.5) is 0 Å². The zero-order valence-corrected chi connectivity index (χ0v) is 11.3. The van der Waals surface area contributed by atoms with Crippen molar-refractivity contribution >= 4 is 11.3 Å². The molecule has 0 bridgehead atoms. The minimum Gasteiger partial charge on any atom is -0.325 e. The Kier molecular flexibility index (Phi) is 3.41. The maximum absolute atomic E-state index is 6.66. The molecule has 90 valence electrons. The third kappa shape index (κ3) is 2.33. The van der Waals surface area contributed by atoms with Crippen LogP contribution < -0.4 is 5.73 Å². The van der Waals surface area contributed by atoms with Gasteiger partial charge in [-0.25, -0.2) is 0 Å². The zero-order valence-electron chi connectivity index (χ0n) is 10.5. The van der Waals surface area contributed by atoms with Crippen molar-refractivity contribution < 1.29 is 0 Å². The Labute approximate surface area is 103 Å². The number of hydrogen-bond donors (Lipinski definition) is 1. The van der Waals surface area contributed by atoms with Gasteiger partial charge in [-0.2, -0.15) is 11.3 Å². The van der Waals surface area contributed by atoms with Gasteiger partial charge in [0.2, 0.25) is 0 Å². The van der Waals surface area contributed by atoms with Crippen molar-refractivity contribution in [3.8, 4) is 0 Å². The van der Waals surface area contributed by atoms with Crippen LogP contribution >= 0.6 is 11.3 Å². The summed E-state index contributed by atoms with van der Waals surface area (Å²) in [6.45, 7) is 4.69. The Bertz CT molecular complexity index is 329. The van der Waals surface area contributed by atoms with Crippen LogP contribution in [-0.4, -0.2) is 5.54 Å². The summed E-state index contributed by atoms with van der Waals surface area (Å²) in [5, 5.41) is 4.41. The summed E-state index contributed by atoms with van der Waals surface area (Å²) < 4.78 is 0. The molecule has 0 aromatic carbocycles. The molecule has 1 unspecified atom stereocenters. The average molecular weight is 237 g/mol. The molecule has 16 heavy (non-hydrogen) atoms. The van der Waals surface area contributed by atoms with Gasteiger partial charge in [-0.3, -0.25) is 0 Å². The third-order valence-electron chi connectivity index (χ3n) is 4.46. The van der Waals surface area contributed by atoms with E-state index >= 15 is 0 Å². The molecule has 1 aliphatic carbocycles. The van der Waals surface area contributed by atoms with E-state index < -0.39 is 0 Å². The predicted molar refractivity (Wildman–Crippen MR) is 71.8 cm³/mol. The lowest BCUT2D eigenvalue weighted by Gasteiger charge is -2.48. The van der Waals surface area contributed by atoms with Crippen molar-refractivity contribution in [1.29, 1.82) is 0 Å². The average Bonchev–Trinajstić information content (AvgIpc) is 2.73. The van der Waals surface area contributed by atoms with Crippen LogP contribution in [0.5, 0.6) is 0 Å². The standard InChI is InChI=1S/C14H23NS/c1-13(2)7-3-4-8-14(13,15)9-5-12-6-10-16-11-12/h6,10-11H,3-5,7-9,15H2,1-2H3. The molecule has 0 radical (unpaired) electrons. The van der Waals surface area contributed by atoms with Gasteiger partial charge < -0.3 is 5.73 Å². The maximum Gasteiger partial charge on any atom is 0.0209 e. The van der Waals surface area contributed by atoms with E-state index in [9.17, 15) is 0 Å². The number of aryl methyl sites for hydroxylation is 1. The van der Waals surface area contributed by atoms with Crippen LogP contribution in [0.2, 0.25) is 0 Å². The normalized spacial score (nSPS) is 29.2. The highest BCUT2D eigenvalue weighted by Gasteiger charge is 2.42. The fourth-order valence-electron chi connectivity index (χ4n) is 2.86. The van der Waals surface area contributed by atoms with Crippen molar-refractivity contribution in [3.05, 3.63) is 22.4 Å². The Morgan fingerprint density at radius 1 is 1.31 bits per heavy atom. The number of thiophene rings is 1. The molecule has 0 saturated heterocycles. The van der Waals surface area contributed by atoms with Gasteiger partial charge in [-0.15, -0.1) is 0 Å². The lowest BCUT2D eigenvalue weighted by molar-refractivity contribution is 0.0910. The lowest BCUT2D eigenvalue weighted by atomic mass is 9.62. The highest BCUT2D eigenvalue weighted by atomic mass is 32.1. The van der Waals surface area contributed by atoms with Crippen LogP contribution in [0.25, 0.3) is 0 Å². The van der Waals surface area contributed by atoms with E-state index in [1.54, 1.807) is 11.3 Å². The van der Waals surface area contributed by atoms with E-state index in [0.717, 1.165) is 12.8 Å². The SMILES string of the molecule is CC1(C)CCCCC1(N)CCc1ccsc1. The monoisotopic (exact) mass is 237 g/mol. The Morgan fingerprint density at radius 3 is 2.69 bits per heavy atom. The summed E-state index contributed by atoms with van der Waals surface area (Å²) in [7, 11) is 0. The Balaban J connectivity index is 2.01. The number of hydrogen-bond acceptors (Lipinski definition) is 2. The smallest absolute Gasteiger partial charge is 0.0209 e. The topological polar surface area (TPSA) is 26.0 Å². The molecular formula is C14H23NS. The zero-order chi connectivity index (χ0) is 11.6. The first-order valence-corrected chi connectivity index (χ1v) is 7.28. The molecule has 0 aliphatic heterocycles. The van der Waals surface area contributed by atoms with Gasteiger partial charge in [0.15, 0.2) is 0 Å². The first-order chi connectivity index (χ1) is 7.54. The van der Waals surface area contributed by atoms with Gasteiger partial charge in [0.1, 0.15) is 0 Å². The molecule has 0 spiro atoms. The fourth-order valence-corrected chi connectivity index (χ4v) is 3.56. The lowest BCUT2D eigenvalue weighted by Crippen LogP contribution is -2.54. The summed E-state index contributed by atoms with van der Waals surface area (Å²) in [6.07, 6.45) is 7.42. The first kappa shape index (κ1) is 12.1. The second-order valence-corrected chi connectivity index (χ2v) is 6.66. The molecule has 1 heterocycles. The van der Waals surface area contributed by atoms with Gasteiger partial charge in [0.05, 0.1) is 0 Å². The maximum atomic E-state index is 6.66. The van der Waals surface area contributed by atoms with Gasteiger partial charge in [-0.05, 0) is 53.5 Å². The second kappa shape index (κ2) is 4.50. The molecule has 1 atom stereocenters. The van der Waals surface area contributed by atoms with Crippen molar-refractivity contribution in [2.45, 2.75) is 57.9 Å².